The van der Waals surface area contributed by atoms with Crippen molar-refractivity contribution in [1.29, 1.82) is 0 Å². The first-order chi connectivity index (χ1) is 16.8. The highest BCUT2D eigenvalue weighted by atomic mass is 15.1. The lowest BCUT2D eigenvalue weighted by atomic mass is 10.0. The highest BCUT2D eigenvalue weighted by Crippen LogP contribution is 2.14. The smallest absolute Gasteiger partial charge is 0.234 e. The van der Waals surface area contributed by atoms with E-state index in [0.717, 1.165) is 0 Å². The minimum Gasteiger partial charge on any atom is -0.234 e. The zero-order valence-electron chi connectivity index (χ0n) is 23.9. The van der Waals surface area contributed by atoms with E-state index in [1.165, 1.54) is 167 Å². The van der Waals surface area contributed by atoms with E-state index in [2.05, 4.69) is 42.3 Å². The van der Waals surface area contributed by atoms with Gasteiger partial charge in [0.1, 0.15) is 12.4 Å². The second-order valence-electron chi connectivity index (χ2n) is 10.9. The number of hydrogen-bond donors (Lipinski definition) is 0. The summed E-state index contributed by atoms with van der Waals surface area (Å²) in [4.78, 5) is 0. The molecule has 0 aliphatic carbocycles. The van der Waals surface area contributed by atoms with Crippen LogP contribution in [0.4, 0.5) is 0 Å². The molecule has 1 aromatic rings. The zero-order valence-corrected chi connectivity index (χ0v) is 23.9. The first-order valence-electron chi connectivity index (χ1n) is 15.9. The number of aryl methyl sites for hydroxylation is 2. The maximum Gasteiger partial charge on any atom is 0.256 e. The second-order valence-corrected chi connectivity index (χ2v) is 10.9. The maximum absolute atomic E-state index is 2.59. The first kappa shape index (κ1) is 31.2. The normalized spacial score (nSPS) is 11.5. The van der Waals surface area contributed by atoms with Crippen LogP contribution in [0.1, 0.15) is 174 Å². The van der Waals surface area contributed by atoms with Crippen LogP contribution in [-0.2, 0) is 19.5 Å². The summed E-state index contributed by atoms with van der Waals surface area (Å²) >= 11 is 0. The average molecular weight is 476 g/mol. The Morgan fingerprint density at radius 3 is 1.41 bits per heavy atom. The lowest BCUT2D eigenvalue weighted by molar-refractivity contribution is -0.704. The van der Waals surface area contributed by atoms with Crippen molar-refractivity contribution >= 4 is 0 Å². The first-order valence-corrected chi connectivity index (χ1v) is 15.9. The molecule has 2 nitrogen and oxygen atoms in total. The topological polar surface area (TPSA) is 8.81 Å². The summed E-state index contributed by atoms with van der Waals surface area (Å²) in [5, 5.41) is 0. The highest BCUT2D eigenvalue weighted by molar-refractivity contribution is 4.84. The van der Waals surface area contributed by atoms with Gasteiger partial charge in [0.05, 0.1) is 13.1 Å². The van der Waals surface area contributed by atoms with E-state index < -0.39 is 0 Å². The van der Waals surface area contributed by atoms with Gasteiger partial charge in [-0.15, -0.1) is 0 Å². The fourth-order valence-electron chi connectivity index (χ4n) is 5.26. The predicted octanol–water partition coefficient (Wildman–Crippen LogP) is 10.4. The van der Waals surface area contributed by atoms with Crippen LogP contribution in [0.25, 0.3) is 0 Å². The van der Waals surface area contributed by atoms with Crippen molar-refractivity contribution in [2.24, 2.45) is 0 Å². The van der Waals surface area contributed by atoms with E-state index in [1.807, 2.05) is 0 Å². The van der Waals surface area contributed by atoms with Gasteiger partial charge >= 0.3 is 0 Å². The Morgan fingerprint density at radius 2 is 0.912 bits per heavy atom. The van der Waals surface area contributed by atoms with Crippen molar-refractivity contribution in [3.05, 3.63) is 18.2 Å². The number of unbranched alkanes of at least 4 members (excludes halogenated alkanes) is 20. The van der Waals surface area contributed by atoms with E-state index in [9.17, 15) is 0 Å². The van der Waals surface area contributed by atoms with Crippen LogP contribution in [0.15, 0.2) is 12.4 Å². The molecule has 200 valence electrons. The quantitative estimate of drug-likeness (QED) is 0.0930. The fourth-order valence-corrected chi connectivity index (χ4v) is 5.26. The fraction of sp³-hybridized carbons (Fsp3) is 0.906. The Bertz CT molecular complexity index is 533. The Kier molecular flexibility index (Phi) is 22.0. The molecule has 34 heavy (non-hydrogen) atoms. The maximum atomic E-state index is 2.59. The monoisotopic (exact) mass is 475 g/mol. The van der Waals surface area contributed by atoms with Crippen LogP contribution in [0.2, 0.25) is 0 Å². The summed E-state index contributed by atoms with van der Waals surface area (Å²) in [7, 11) is 0. The molecule has 1 rings (SSSR count). The molecule has 0 atom stereocenters. The van der Waals surface area contributed by atoms with E-state index in [-0.39, 0.29) is 0 Å². The van der Waals surface area contributed by atoms with Gasteiger partial charge in [0, 0.05) is 6.42 Å². The summed E-state index contributed by atoms with van der Waals surface area (Å²) < 4.78 is 5.17. The van der Waals surface area contributed by atoms with Gasteiger partial charge < -0.3 is 0 Å². The molecule has 0 amide bonds. The van der Waals surface area contributed by atoms with Crippen molar-refractivity contribution < 1.29 is 4.57 Å². The average Bonchev–Trinajstić information content (AvgIpc) is 3.23. The summed E-state index contributed by atoms with van der Waals surface area (Å²) in [6, 6.07) is 0. The van der Waals surface area contributed by atoms with Crippen molar-refractivity contribution in [3.63, 3.8) is 0 Å². The number of imidazole rings is 1. The molecule has 0 saturated heterocycles. The van der Waals surface area contributed by atoms with Crippen LogP contribution in [0, 0.1) is 0 Å². The van der Waals surface area contributed by atoms with Gasteiger partial charge in [0.15, 0.2) is 0 Å². The molecule has 0 bridgehead atoms. The molecule has 0 radical (unpaired) electrons. The summed E-state index contributed by atoms with van der Waals surface area (Å²) in [5.74, 6) is 1.60. The second kappa shape index (κ2) is 23.9. The molecule has 0 saturated carbocycles. The Labute approximate surface area is 215 Å². The molecule has 0 aromatic carbocycles. The van der Waals surface area contributed by atoms with Gasteiger partial charge in [-0.1, -0.05) is 136 Å². The third-order valence-electron chi connectivity index (χ3n) is 7.60. The molecule has 0 fully saturated rings. The van der Waals surface area contributed by atoms with Crippen molar-refractivity contribution in [2.75, 3.05) is 0 Å². The van der Waals surface area contributed by atoms with Gasteiger partial charge in [-0.2, -0.15) is 0 Å². The van der Waals surface area contributed by atoms with Gasteiger partial charge in [-0.25, -0.2) is 9.13 Å². The van der Waals surface area contributed by atoms with E-state index in [4.69, 9.17) is 0 Å². The summed E-state index contributed by atoms with van der Waals surface area (Å²) in [6.07, 6.45) is 38.5. The van der Waals surface area contributed by atoms with E-state index in [1.54, 1.807) is 5.82 Å². The number of hydrogen-bond acceptors (Lipinski definition) is 0. The van der Waals surface area contributed by atoms with Crippen molar-refractivity contribution in [3.8, 4) is 0 Å². The van der Waals surface area contributed by atoms with Gasteiger partial charge in [-0.05, 0) is 32.1 Å². The van der Waals surface area contributed by atoms with Gasteiger partial charge in [-0.3, -0.25) is 0 Å². The summed E-state index contributed by atoms with van der Waals surface area (Å²) in [6.45, 7) is 9.36. The number of nitrogens with zero attached hydrogens (tertiary/aromatic N) is 2. The molecule has 1 aromatic heterocycles. The van der Waals surface area contributed by atoms with Crippen molar-refractivity contribution in [2.45, 2.75) is 188 Å². The van der Waals surface area contributed by atoms with Crippen LogP contribution in [-0.4, -0.2) is 4.57 Å². The van der Waals surface area contributed by atoms with E-state index >= 15 is 0 Å². The highest BCUT2D eigenvalue weighted by Gasteiger charge is 2.16. The molecule has 0 aliphatic heterocycles. The van der Waals surface area contributed by atoms with Crippen LogP contribution >= 0.6 is 0 Å². The molecule has 2 heteroatoms. The van der Waals surface area contributed by atoms with E-state index in [0.29, 0.717) is 0 Å². The largest absolute Gasteiger partial charge is 0.256 e. The Hall–Kier alpha value is -0.790. The molecule has 1 heterocycles. The molecular weight excluding hydrogens is 412 g/mol. The Morgan fingerprint density at radius 1 is 0.500 bits per heavy atom. The minimum absolute atomic E-state index is 1.21. The summed E-state index contributed by atoms with van der Waals surface area (Å²) in [5.41, 5.74) is 0. The van der Waals surface area contributed by atoms with Crippen molar-refractivity contribution in [1.82, 2.24) is 4.57 Å². The SMILES string of the molecule is CCCCCCCCCCCCCCCCc1n(CCCCC)cc[n+]1CCCCCCCC. The third kappa shape index (κ3) is 16.8. The lowest BCUT2D eigenvalue weighted by Gasteiger charge is -2.07. The van der Waals surface area contributed by atoms with Crippen LogP contribution < -0.4 is 4.57 Å². The molecule has 0 N–H and O–H groups in total. The molecule has 0 unspecified atom stereocenters. The predicted molar refractivity (Wildman–Crippen MR) is 152 cm³/mol. The van der Waals surface area contributed by atoms with Gasteiger partial charge in [0.25, 0.3) is 5.82 Å². The van der Waals surface area contributed by atoms with Crippen LogP contribution in [0.3, 0.4) is 0 Å². The lowest BCUT2D eigenvalue weighted by Crippen LogP contribution is -2.37. The standard InChI is InChI=1S/C32H63N2/c1-4-7-10-12-14-15-16-17-18-19-20-21-22-24-27-32-33(28-25-9-6-3)30-31-34(32)29-26-23-13-11-8-5-2/h30-31H,4-29H2,1-3H3/q+1. The number of rotatable bonds is 26. The minimum atomic E-state index is 1.21. The molecule has 0 spiro atoms. The Balaban J connectivity index is 2.18. The molecule has 0 aliphatic rings. The number of aromatic nitrogens is 2. The molecular formula is C32H63N2+. The zero-order chi connectivity index (χ0) is 24.5. The van der Waals surface area contributed by atoms with Crippen LogP contribution in [0.5, 0.6) is 0 Å². The third-order valence-corrected chi connectivity index (χ3v) is 7.60. The van der Waals surface area contributed by atoms with Gasteiger partial charge in [0.2, 0.25) is 0 Å².